The van der Waals surface area contributed by atoms with Gasteiger partial charge in [-0.1, -0.05) is 18.2 Å². The van der Waals surface area contributed by atoms with Crippen LogP contribution in [0.1, 0.15) is 30.1 Å². The van der Waals surface area contributed by atoms with Crippen LogP contribution in [0.3, 0.4) is 0 Å². The van der Waals surface area contributed by atoms with Gasteiger partial charge in [0, 0.05) is 25.7 Å². The van der Waals surface area contributed by atoms with Gasteiger partial charge < -0.3 is 9.64 Å². The number of benzene rings is 2. The summed E-state index contributed by atoms with van der Waals surface area (Å²) in [5.41, 5.74) is 0.137. The van der Waals surface area contributed by atoms with Crippen molar-refractivity contribution in [3.63, 3.8) is 0 Å². The number of carbonyl (C=O) groups excluding carboxylic acids is 2. The molecule has 1 aliphatic rings. The Balaban J connectivity index is 1.76. The van der Waals surface area contributed by atoms with Crippen LogP contribution in [0.5, 0.6) is 0 Å². The van der Waals surface area contributed by atoms with Gasteiger partial charge in [0.05, 0.1) is 23.1 Å². The number of rotatable bonds is 6. The third-order valence-corrected chi connectivity index (χ3v) is 7.10. The van der Waals surface area contributed by atoms with Crippen molar-refractivity contribution >= 4 is 27.6 Å². The van der Waals surface area contributed by atoms with Crippen LogP contribution in [0.15, 0.2) is 53.4 Å². The second-order valence-corrected chi connectivity index (χ2v) is 9.24. The molecule has 2 aromatic carbocycles. The molecule has 1 saturated heterocycles. The summed E-state index contributed by atoms with van der Waals surface area (Å²) >= 11 is 0. The van der Waals surface area contributed by atoms with E-state index in [-0.39, 0.29) is 33.9 Å². The Kier molecular flexibility index (Phi) is 6.94. The number of nitrogens with zero attached hydrogens (tertiary/aromatic N) is 2. The molecule has 0 saturated carbocycles. The zero-order chi connectivity index (χ0) is 22.6. The zero-order valence-electron chi connectivity index (χ0n) is 17.5. The molecule has 0 aromatic heterocycles. The quantitative estimate of drug-likeness (QED) is 0.634. The van der Waals surface area contributed by atoms with E-state index in [2.05, 4.69) is 0 Å². The summed E-state index contributed by atoms with van der Waals surface area (Å²) in [7, 11) is -2.80. The molecule has 0 spiro atoms. The topological polar surface area (TPSA) is 84.0 Å². The van der Waals surface area contributed by atoms with Crippen LogP contribution in [0.25, 0.3) is 0 Å². The maximum absolute atomic E-state index is 14.1. The van der Waals surface area contributed by atoms with Gasteiger partial charge in [-0.3, -0.25) is 13.9 Å². The molecule has 1 heterocycles. The first-order chi connectivity index (χ1) is 14.8. The SMILES string of the molecule is CCOC(=O)C1CCN(C(=O)c2cccc(S(=O)(=O)N(C)c3ccccc3F)c2)CC1. The van der Waals surface area contributed by atoms with Gasteiger partial charge in [-0.25, -0.2) is 12.8 Å². The average Bonchev–Trinajstić information content (AvgIpc) is 2.79. The van der Waals surface area contributed by atoms with Gasteiger partial charge in [-0.2, -0.15) is 0 Å². The third kappa shape index (κ3) is 4.87. The fourth-order valence-corrected chi connectivity index (χ4v) is 4.79. The van der Waals surface area contributed by atoms with Crippen LogP contribution < -0.4 is 4.31 Å². The highest BCUT2D eigenvalue weighted by atomic mass is 32.2. The number of likely N-dealkylation sites (tertiary alicyclic amines) is 1. The first-order valence-electron chi connectivity index (χ1n) is 10.0. The number of ether oxygens (including phenoxy) is 1. The molecule has 0 radical (unpaired) electrons. The van der Waals surface area contributed by atoms with Crippen molar-refractivity contribution in [3.8, 4) is 0 Å². The largest absolute Gasteiger partial charge is 0.466 e. The summed E-state index contributed by atoms with van der Waals surface area (Å²) in [6.45, 7) is 2.84. The van der Waals surface area contributed by atoms with Gasteiger partial charge in [0.15, 0.2) is 0 Å². The van der Waals surface area contributed by atoms with E-state index in [4.69, 9.17) is 4.74 Å². The second-order valence-electron chi connectivity index (χ2n) is 7.27. The second kappa shape index (κ2) is 9.47. The number of anilines is 1. The van der Waals surface area contributed by atoms with Crippen LogP contribution in [0.4, 0.5) is 10.1 Å². The van der Waals surface area contributed by atoms with Gasteiger partial charge in [0.25, 0.3) is 15.9 Å². The van der Waals surface area contributed by atoms with Crippen LogP contribution in [0.2, 0.25) is 0 Å². The van der Waals surface area contributed by atoms with Gasteiger partial charge >= 0.3 is 5.97 Å². The molecule has 1 amide bonds. The highest BCUT2D eigenvalue weighted by Crippen LogP contribution is 2.26. The molecule has 7 nitrogen and oxygen atoms in total. The number of esters is 1. The van der Waals surface area contributed by atoms with Crippen molar-refractivity contribution in [2.45, 2.75) is 24.7 Å². The Hall–Kier alpha value is -2.94. The van der Waals surface area contributed by atoms with Crippen LogP contribution >= 0.6 is 0 Å². The van der Waals surface area contributed by atoms with Crippen molar-refractivity contribution in [2.24, 2.45) is 5.92 Å². The maximum Gasteiger partial charge on any atom is 0.309 e. The van der Waals surface area contributed by atoms with Gasteiger partial charge in [0.2, 0.25) is 0 Å². The monoisotopic (exact) mass is 448 g/mol. The van der Waals surface area contributed by atoms with E-state index in [1.54, 1.807) is 24.0 Å². The molecule has 31 heavy (non-hydrogen) atoms. The van der Waals surface area contributed by atoms with E-state index >= 15 is 0 Å². The summed E-state index contributed by atoms with van der Waals surface area (Å²) < 4.78 is 46.0. The smallest absolute Gasteiger partial charge is 0.309 e. The number of hydrogen-bond donors (Lipinski definition) is 0. The number of carbonyl (C=O) groups is 2. The van der Waals surface area contributed by atoms with Crippen molar-refractivity contribution in [1.29, 1.82) is 0 Å². The van der Waals surface area contributed by atoms with Crippen LogP contribution in [0, 0.1) is 11.7 Å². The normalized spacial score (nSPS) is 14.9. The summed E-state index contributed by atoms with van der Waals surface area (Å²) in [5.74, 6) is -1.46. The first-order valence-corrected chi connectivity index (χ1v) is 11.5. The molecule has 166 valence electrons. The average molecular weight is 449 g/mol. The summed E-state index contributed by atoms with van der Waals surface area (Å²) in [5, 5.41) is 0. The van der Waals surface area contributed by atoms with E-state index in [1.807, 2.05) is 0 Å². The summed E-state index contributed by atoms with van der Waals surface area (Å²) in [4.78, 5) is 26.3. The number of amides is 1. The fraction of sp³-hybridized carbons (Fsp3) is 0.364. The Morgan fingerprint density at radius 1 is 1.13 bits per heavy atom. The molecular weight excluding hydrogens is 423 g/mol. The van der Waals surface area contributed by atoms with Crippen molar-refractivity contribution in [2.75, 3.05) is 31.0 Å². The van der Waals surface area contributed by atoms with Crippen LogP contribution in [-0.4, -0.2) is 51.9 Å². The third-order valence-electron chi connectivity index (χ3n) is 5.33. The fourth-order valence-electron chi connectivity index (χ4n) is 3.55. The maximum atomic E-state index is 14.1. The Morgan fingerprint density at radius 3 is 2.45 bits per heavy atom. The van der Waals surface area contributed by atoms with Crippen molar-refractivity contribution in [1.82, 2.24) is 4.90 Å². The van der Waals surface area contributed by atoms with E-state index in [1.165, 1.54) is 43.4 Å². The molecular formula is C22H25FN2O5S. The van der Waals surface area contributed by atoms with E-state index in [0.29, 0.717) is 32.5 Å². The molecule has 3 rings (SSSR count). The minimum atomic E-state index is -4.07. The Morgan fingerprint density at radius 2 is 1.81 bits per heavy atom. The minimum Gasteiger partial charge on any atom is -0.466 e. The summed E-state index contributed by atoms with van der Waals surface area (Å²) in [6.07, 6.45) is 0.997. The highest BCUT2D eigenvalue weighted by molar-refractivity contribution is 7.92. The standard InChI is InChI=1S/C22H25FN2O5S/c1-3-30-22(27)16-11-13-25(14-12-16)21(26)17-7-6-8-18(15-17)31(28,29)24(2)20-10-5-4-9-19(20)23/h4-10,15-16H,3,11-14H2,1-2H3. The lowest BCUT2D eigenvalue weighted by molar-refractivity contribution is -0.149. The Bertz CT molecular complexity index is 1070. The van der Waals surface area contributed by atoms with Crippen LogP contribution in [-0.2, 0) is 19.6 Å². The Labute approximate surface area is 181 Å². The number of para-hydroxylation sites is 1. The molecule has 0 atom stereocenters. The van der Waals surface area contributed by atoms with E-state index in [0.717, 1.165) is 4.31 Å². The van der Waals surface area contributed by atoms with E-state index < -0.39 is 15.8 Å². The number of halogens is 1. The minimum absolute atomic E-state index is 0.0831. The molecule has 0 aliphatic carbocycles. The number of sulfonamides is 1. The molecule has 1 aliphatic heterocycles. The molecule has 0 bridgehead atoms. The lowest BCUT2D eigenvalue weighted by atomic mass is 9.96. The molecule has 2 aromatic rings. The lowest BCUT2D eigenvalue weighted by Gasteiger charge is -2.31. The van der Waals surface area contributed by atoms with Crippen molar-refractivity contribution < 1.29 is 27.1 Å². The molecule has 0 N–H and O–H groups in total. The van der Waals surface area contributed by atoms with Crippen molar-refractivity contribution in [3.05, 3.63) is 59.9 Å². The molecule has 9 heteroatoms. The van der Waals surface area contributed by atoms with Gasteiger partial charge in [0.1, 0.15) is 5.82 Å². The van der Waals surface area contributed by atoms with Gasteiger partial charge in [-0.05, 0) is 50.1 Å². The predicted molar refractivity (Wildman–Crippen MR) is 114 cm³/mol. The molecule has 0 unspecified atom stereocenters. The predicted octanol–water partition coefficient (Wildman–Crippen LogP) is 3.07. The number of piperidine rings is 1. The highest BCUT2D eigenvalue weighted by Gasteiger charge is 2.30. The number of hydrogen-bond acceptors (Lipinski definition) is 5. The molecule has 1 fully saturated rings. The zero-order valence-corrected chi connectivity index (χ0v) is 18.3. The van der Waals surface area contributed by atoms with Gasteiger partial charge in [-0.15, -0.1) is 0 Å². The first kappa shape index (κ1) is 22.7. The lowest BCUT2D eigenvalue weighted by Crippen LogP contribution is -2.40. The van der Waals surface area contributed by atoms with E-state index in [9.17, 15) is 22.4 Å². The summed E-state index contributed by atoms with van der Waals surface area (Å²) in [6, 6.07) is 11.3.